The summed E-state index contributed by atoms with van der Waals surface area (Å²) in [5.41, 5.74) is 6.82. The first kappa shape index (κ1) is 19.1. The van der Waals surface area contributed by atoms with Crippen LogP contribution in [-0.2, 0) is 0 Å². The second-order valence-corrected chi connectivity index (χ2v) is 6.84. The lowest BCUT2D eigenvalue weighted by atomic mass is 10.1. The van der Waals surface area contributed by atoms with Crippen LogP contribution >= 0.6 is 0 Å². The highest BCUT2D eigenvalue weighted by atomic mass is 16.2. The number of hydrogen-bond donors (Lipinski definition) is 3. The maximum atomic E-state index is 12.5. The van der Waals surface area contributed by atoms with Crippen LogP contribution in [0, 0.1) is 6.92 Å². The predicted octanol–water partition coefficient (Wildman–Crippen LogP) is 4.49. The lowest BCUT2D eigenvalue weighted by Crippen LogP contribution is -2.18. The zero-order valence-electron chi connectivity index (χ0n) is 16.3. The quantitative estimate of drug-likeness (QED) is 0.343. The maximum Gasteiger partial charge on any atom is 0.271 e. The molecule has 4 rings (SSSR count). The van der Waals surface area contributed by atoms with E-state index in [9.17, 15) is 9.59 Å². The Hall–Kier alpha value is -4.19. The Kier molecular flexibility index (Phi) is 5.39. The van der Waals surface area contributed by atoms with E-state index in [4.69, 9.17) is 0 Å². The molecule has 6 nitrogen and oxygen atoms in total. The summed E-state index contributed by atoms with van der Waals surface area (Å²) in [6.07, 6.45) is 3.43. The van der Waals surface area contributed by atoms with Gasteiger partial charge >= 0.3 is 0 Å². The fourth-order valence-electron chi connectivity index (χ4n) is 3.19. The maximum absolute atomic E-state index is 12.5. The number of fused-ring (bicyclic) bond motifs is 1. The number of aryl methyl sites for hydroxylation is 1. The van der Waals surface area contributed by atoms with Crippen LogP contribution in [0.4, 0.5) is 5.69 Å². The molecular formula is C24H20N4O2. The van der Waals surface area contributed by atoms with Crippen molar-refractivity contribution in [1.82, 2.24) is 10.4 Å². The number of amides is 2. The van der Waals surface area contributed by atoms with Crippen molar-refractivity contribution in [3.8, 4) is 0 Å². The van der Waals surface area contributed by atoms with E-state index < -0.39 is 0 Å². The smallest absolute Gasteiger partial charge is 0.271 e. The SMILES string of the molecule is Cc1ccccc1C(=O)Nc1cccc(C(=O)N/N=C/c2c[nH]c3ccccc23)c1. The third kappa shape index (κ3) is 4.12. The molecule has 2 amide bonds. The van der Waals surface area contributed by atoms with Gasteiger partial charge in [0.2, 0.25) is 0 Å². The van der Waals surface area contributed by atoms with Crippen LogP contribution in [0.2, 0.25) is 0 Å². The van der Waals surface area contributed by atoms with E-state index in [-0.39, 0.29) is 11.8 Å². The number of carbonyl (C=O) groups is 2. The highest BCUT2D eigenvalue weighted by Crippen LogP contribution is 2.16. The molecule has 0 fully saturated rings. The Morgan fingerprint density at radius 1 is 0.933 bits per heavy atom. The molecule has 1 heterocycles. The molecule has 1 aromatic heterocycles. The molecule has 3 N–H and O–H groups in total. The third-order valence-corrected chi connectivity index (χ3v) is 4.76. The van der Waals surface area contributed by atoms with Gasteiger partial charge in [0.1, 0.15) is 0 Å². The molecule has 0 saturated heterocycles. The van der Waals surface area contributed by atoms with Crippen molar-refractivity contribution in [2.45, 2.75) is 6.92 Å². The molecule has 0 atom stereocenters. The summed E-state index contributed by atoms with van der Waals surface area (Å²) in [4.78, 5) is 28.1. The van der Waals surface area contributed by atoms with E-state index >= 15 is 0 Å². The van der Waals surface area contributed by atoms with Gasteiger partial charge in [0.25, 0.3) is 11.8 Å². The zero-order chi connectivity index (χ0) is 20.9. The number of rotatable bonds is 5. The fourth-order valence-corrected chi connectivity index (χ4v) is 3.19. The van der Waals surface area contributed by atoms with Gasteiger partial charge in [0.05, 0.1) is 6.21 Å². The van der Waals surface area contributed by atoms with Crippen LogP contribution in [-0.4, -0.2) is 23.0 Å². The molecule has 0 aliphatic carbocycles. The number of para-hydroxylation sites is 1. The van der Waals surface area contributed by atoms with Gasteiger partial charge in [-0.05, 0) is 42.8 Å². The van der Waals surface area contributed by atoms with Gasteiger partial charge in [-0.2, -0.15) is 5.10 Å². The first-order valence-corrected chi connectivity index (χ1v) is 9.48. The first-order valence-electron chi connectivity index (χ1n) is 9.48. The molecule has 0 radical (unpaired) electrons. The summed E-state index contributed by atoms with van der Waals surface area (Å²) < 4.78 is 0. The van der Waals surface area contributed by atoms with Crippen molar-refractivity contribution >= 4 is 34.6 Å². The summed E-state index contributed by atoms with van der Waals surface area (Å²) in [5, 5.41) is 7.91. The van der Waals surface area contributed by atoms with E-state index in [1.54, 1.807) is 36.5 Å². The van der Waals surface area contributed by atoms with E-state index in [2.05, 4.69) is 20.8 Å². The Bertz CT molecular complexity index is 1260. The lowest BCUT2D eigenvalue weighted by Gasteiger charge is -2.08. The number of nitrogens with one attached hydrogen (secondary N) is 3. The van der Waals surface area contributed by atoms with Crippen molar-refractivity contribution in [3.63, 3.8) is 0 Å². The fraction of sp³-hybridized carbons (Fsp3) is 0.0417. The molecular weight excluding hydrogens is 376 g/mol. The summed E-state index contributed by atoms with van der Waals surface area (Å²) >= 11 is 0. The molecule has 0 saturated carbocycles. The molecule has 0 unspecified atom stereocenters. The number of anilines is 1. The normalized spacial score (nSPS) is 11.0. The largest absolute Gasteiger partial charge is 0.361 e. The Labute approximate surface area is 173 Å². The van der Waals surface area contributed by atoms with E-state index in [1.165, 1.54) is 0 Å². The molecule has 3 aromatic carbocycles. The first-order chi connectivity index (χ1) is 14.6. The van der Waals surface area contributed by atoms with Crippen molar-refractivity contribution in [3.05, 3.63) is 101 Å². The minimum atomic E-state index is -0.363. The standard InChI is InChI=1S/C24H20N4O2/c1-16-7-2-3-10-20(16)24(30)27-19-9-6-8-17(13-19)23(29)28-26-15-18-14-25-22-12-5-4-11-21(18)22/h2-15,25H,1H3,(H,27,30)(H,28,29)/b26-15+. The van der Waals surface area contributed by atoms with Gasteiger partial charge in [-0.1, -0.05) is 42.5 Å². The van der Waals surface area contributed by atoms with Gasteiger partial charge in [-0.15, -0.1) is 0 Å². The van der Waals surface area contributed by atoms with E-state index in [0.717, 1.165) is 22.0 Å². The summed E-state index contributed by atoms with van der Waals surface area (Å²) in [6, 6.07) is 21.9. The number of nitrogens with zero attached hydrogens (tertiary/aromatic N) is 1. The number of aromatic amines is 1. The summed E-state index contributed by atoms with van der Waals surface area (Å²) in [5.74, 6) is -0.582. The molecule has 0 aliphatic rings. The highest BCUT2D eigenvalue weighted by molar-refractivity contribution is 6.06. The molecule has 30 heavy (non-hydrogen) atoms. The predicted molar refractivity (Wildman–Crippen MR) is 119 cm³/mol. The monoisotopic (exact) mass is 396 g/mol. The van der Waals surface area contributed by atoms with Gasteiger partial charge in [-0.25, -0.2) is 5.43 Å². The highest BCUT2D eigenvalue weighted by Gasteiger charge is 2.10. The van der Waals surface area contributed by atoms with Crippen LogP contribution in [0.1, 0.15) is 31.8 Å². The van der Waals surface area contributed by atoms with Gasteiger partial charge in [0.15, 0.2) is 0 Å². The second kappa shape index (κ2) is 8.45. The van der Waals surface area contributed by atoms with Crippen LogP contribution in [0.3, 0.4) is 0 Å². The molecule has 0 spiro atoms. The zero-order valence-corrected chi connectivity index (χ0v) is 16.3. The van der Waals surface area contributed by atoms with Crippen molar-refractivity contribution in [1.29, 1.82) is 0 Å². The van der Waals surface area contributed by atoms with Gasteiger partial charge in [-0.3, -0.25) is 9.59 Å². The minimum absolute atomic E-state index is 0.219. The average Bonchev–Trinajstić information content (AvgIpc) is 3.17. The van der Waals surface area contributed by atoms with Gasteiger partial charge in [0, 0.05) is 39.5 Å². The average molecular weight is 396 g/mol. The van der Waals surface area contributed by atoms with E-state index in [0.29, 0.717) is 16.8 Å². The van der Waals surface area contributed by atoms with Gasteiger partial charge < -0.3 is 10.3 Å². The minimum Gasteiger partial charge on any atom is -0.361 e. The molecule has 0 aliphatic heterocycles. The lowest BCUT2D eigenvalue weighted by molar-refractivity contribution is 0.0953. The summed E-state index contributed by atoms with van der Waals surface area (Å²) in [6.45, 7) is 1.88. The number of H-pyrrole nitrogens is 1. The Morgan fingerprint density at radius 3 is 2.60 bits per heavy atom. The van der Waals surface area contributed by atoms with Crippen LogP contribution in [0.5, 0.6) is 0 Å². The topological polar surface area (TPSA) is 86.3 Å². The van der Waals surface area contributed by atoms with Crippen molar-refractivity contribution in [2.24, 2.45) is 5.10 Å². The summed E-state index contributed by atoms with van der Waals surface area (Å²) in [7, 11) is 0. The Morgan fingerprint density at radius 2 is 1.73 bits per heavy atom. The molecule has 4 aromatic rings. The number of carbonyl (C=O) groups excluding carboxylic acids is 2. The van der Waals surface area contributed by atoms with Crippen molar-refractivity contribution < 1.29 is 9.59 Å². The number of hydrazone groups is 1. The number of hydrogen-bond acceptors (Lipinski definition) is 3. The number of aromatic nitrogens is 1. The van der Waals surface area contributed by atoms with Crippen LogP contribution < -0.4 is 10.7 Å². The molecule has 6 heteroatoms. The molecule has 148 valence electrons. The Balaban J connectivity index is 1.43. The number of benzene rings is 3. The van der Waals surface area contributed by atoms with Crippen LogP contribution in [0.25, 0.3) is 10.9 Å². The molecule has 0 bridgehead atoms. The second-order valence-electron chi connectivity index (χ2n) is 6.84. The van der Waals surface area contributed by atoms with Crippen LogP contribution in [0.15, 0.2) is 84.1 Å². The third-order valence-electron chi connectivity index (χ3n) is 4.76. The van der Waals surface area contributed by atoms with Crippen molar-refractivity contribution in [2.75, 3.05) is 5.32 Å². The van der Waals surface area contributed by atoms with E-state index in [1.807, 2.05) is 55.6 Å².